The fourth-order valence-corrected chi connectivity index (χ4v) is 2.70. The lowest BCUT2D eigenvalue weighted by Gasteiger charge is -2.19. The molecule has 0 aromatic rings. The van der Waals surface area contributed by atoms with Gasteiger partial charge in [0.25, 0.3) is 0 Å². The summed E-state index contributed by atoms with van der Waals surface area (Å²) in [6.07, 6.45) is 13.5. The molecule has 1 nitrogen and oxygen atoms in total. The Bertz CT molecular complexity index is 320. The zero-order valence-corrected chi connectivity index (χ0v) is 7.84. The molecule has 68 valence electrons. The molecular formula is C12H15N. The van der Waals surface area contributed by atoms with Crippen molar-refractivity contribution in [2.24, 2.45) is 5.92 Å². The molecule has 13 heavy (non-hydrogen) atoms. The largest absolute Gasteiger partial charge is 0.359 e. The highest BCUT2D eigenvalue weighted by Gasteiger charge is 2.30. The van der Waals surface area contributed by atoms with Crippen molar-refractivity contribution >= 4 is 0 Å². The SMILES string of the molecule is C1=CC2=C(CC1)C1CCCC=C1N2. The summed E-state index contributed by atoms with van der Waals surface area (Å²) in [5, 5.41) is 3.55. The Morgan fingerprint density at radius 3 is 3.31 bits per heavy atom. The average molecular weight is 173 g/mol. The van der Waals surface area contributed by atoms with E-state index >= 15 is 0 Å². The van der Waals surface area contributed by atoms with E-state index in [0.29, 0.717) is 0 Å². The number of rotatable bonds is 0. The van der Waals surface area contributed by atoms with Gasteiger partial charge in [-0.15, -0.1) is 0 Å². The molecule has 1 heterocycles. The van der Waals surface area contributed by atoms with Crippen molar-refractivity contribution < 1.29 is 0 Å². The molecule has 1 heteroatoms. The van der Waals surface area contributed by atoms with Gasteiger partial charge in [-0.1, -0.05) is 12.2 Å². The van der Waals surface area contributed by atoms with Crippen LogP contribution in [0.5, 0.6) is 0 Å². The number of allylic oxidation sites excluding steroid dienone is 4. The van der Waals surface area contributed by atoms with Crippen LogP contribution in [0.15, 0.2) is 35.2 Å². The lowest BCUT2D eigenvalue weighted by atomic mass is 9.85. The minimum Gasteiger partial charge on any atom is -0.359 e. The van der Waals surface area contributed by atoms with Crippen LogP contribution < -0.4 is 5.32 Å². The number of hydrogen-bond donors (Lipinski definition) is 1. The van der Waals surface area contributed by atoms with Gasteiger partial charge in [0.15, 0.2) is 0 Å². The van der Waals surface area contributed by atoms with Crippen molar-refractivity contribution in [3.8, 4) is 0 Å². The van der Waals surface area contributed by atoms with Crippen LogP contribution in [0.2, 0.25) is 0 Å². The molecule has 1 unspecified atom stereocenters. The zero-order valence-electron chi connectivity index (χ0n) is 7.84. The van der Waals surface area contributed by atoms with E-state index in [1.165, 1.54) is 43.5 Å². The first-order valence-electron chi connectivity index (χ1n) is 5.32. The monoisotopic (exact) mass is 173 g/mol. The standard InChI is InChI=1S/C12H15N/c1-3-7-11-9(5-1)10-6-2-4-8-12(10)13-11/h3,7-8,10,13H,1-2,4-6H2. The molecular weight excluding hydrogens is 158 g/mol. The van der Waals surface area contributed by atoms with Crippen LogP contribution in [0.3, 0.4) is 0 Å². The van der Waals surface area contributed by atoms with Gasteiger partial charge in [0.2, 0.25) is 0 Å². The number of hydrogen-bond acceptors (Lipinski definition) is 1. The van der Waals surface area contributed by atoms with Crippen LogP contribution in [0.1, 0.15) is 32.1 Å². The van der Waals surface area contributed by atoms with Gasteiger partial charge in [0.05, 0.1) is 0 Å². The second-order valence-corrected chi connectivity index (χ2v) is 4.15. The van der Waals surface area contributed by atoms with E-state index in [1.54, 1.807) is 5.57 Å². The van der Waals surface area contributed by atoms with E-state index in [1.807, 2.05) is 0 Å². The van der Waals surface area contributed by atoms with E-state index in [-0.39, 0.29) is 0 Å². The third-order valence-corrected chi connectivity index (χ3v) is 3.35. The first kappa shape index (κ1) is 7.43. The van der Waals surface area contributed by atoms with Crippen molar-refractivity contribution in [1.29, 1.82) is 0 Å². The summed E-state index contributed by atoms with van der Waals surface area (Å²) in [7, 11) is 0. The molecule has 3 rings (SSSR count). The molecule has 0 aromatic heterocycles. The predicted molar refractivity (Wildman–Crippen MR) is 54.0 cm³/mol. The molecule has 1 aliphatic heterocycles. The van der Waals surface area contributed by atoms with Crippen LogP contribution in [0.4, 0.5) is 0 Å². The Balaban J connectivity index is 1.99. The fraction of sp³-hybridized carbons (Fsp3) is 0.500. The summed E-state index contributed by atoms with van der Waals surface area (Å²) >= 11 is 0. The van der Waals surface area contributed by atoms with Crippen LogP contribution in [0.25, 0.3) is 0 Å². The maximum absolute atomic E-state index is 3.55. The molecule has 0 bridgehead atoms. The van der Waals surface area contributed by atoms with Gasteiger partial charge in [-0.2, -0.15) is 0 Å². The van der Waals surface area contributed by atoms with Crippen molar-refractivity contribution in [1.82, 2.24) is 5.32 Å². The molecule has 0 saturated carbocycles. The minimum atomic E-state index is 0.758. The first-order chi connectivity index (χ1) is 6.45. The normalized spacial score (nSPS) is 30.8. The van der Waals surface area contributed by atoms with Gasteiger partial charge in [-0.05, 0) is 43.8 Å². The quantitative estimate of drug-likeness (QED) is 0.594. The Morgan fingerprint density at radius 2 is 2.31 bits per heavy atom. The zero-order chi connectivity index (χ0) is 8.67. The van der Waals surface area contributed by atoms with Gasteiger partial charge in [-0.3, -0.25) is 0 Å². The molecule has 0 saturated heterocycles. The number of fused-ring (bicyclic) bond motifs is 2. The average Bonchev–Trinajstić information content (AvgIpc) is 2.56. The summed E-state index contributed by atoms with van der Waals surface area (Å²) in [5.41, 5.74) is 4.57. The lowest BCUT2D eigenvalue weighted by molar-refractivity contribution is 0.561. The van der Waals surface area contributed by atoms with E-state index < -0.39 is 0 Å². The third-order valence-electron chi connectivity index (χ3n) is 3.35. The highest BCUT2D eigenvalue weighted by atomic mass is 14.9. The van der Waals surface area contributed by atoms with Crippen molar-refractivity contribution in [3.63, 3.8) is 0 Å². The summed E-state index contributed by atoms with van der Waals surface area (Å²) in [6.45, 7) is 0. The van der Waals surface area contributed by atoms with Crippen molar-refractivity contribution in [2.75, 3.05) is 0 Å². The summed E-state index contributed by atoms with van der Waals surface area (Å²) < 4.78 is 0. The molecule has 0 aromatic carbocycles. The first-order valence-corrected chi connectivity index (χ1v) is 5.32. The molecule has 0 amide bonds. The summed E-state index contributed by atoms with van der Waals surface area (Å²) in [6, 6.07) is 0. The summed E-state index contributed by atoms with van der Waals surface area (Å²) in [4.78, 5) is 0. The highest BCUT2D eigenvalue weighted by molar-refractivity contribution is 5.42. The predicted octanol–water partition coefficient (Wildman–Crippen LogP) is 2.88. The third kappa shape index (κ3) is 1.06. The maximum Gasteiger partial charge on any atom is 0.0377 e. The number of nitrogens with one attached hydrogen (secondary N) is 1. The highest BCUT2D eigenvalue weighted by Crippen LogP contribution is 2.40. The second-order valence-electron chi connectivity index (χ2n) is 4.15. The Labute approximate surface area is 79.2 Å². The van der Waals surface area contributed by atoms with Crippen molar-refractivity contribution in [2.45, 2.75) is 32.1 Å². The molecule has 0 spiro atoms. The van der Waals surface area contributed by atoms with Crippen LogP contribution in [-0.4, -0.2) is 0 Å². The second kappa shape index (κ2) is 2.76. The van der Waals surface area contributed by atoms with E-state index in [2.05, 4.69) is 23.5 Å². The molecule has 2 aliphatic carbocycles. The van der Waals surface area contributed by atoms with Gasteiger partial charge in [0.1, 0.15) is 0 Å². The van der Waals surface area contributed by atoms with Crippen LogP contribution in [0, 0.1) is 5.92 Å². The van der Waals surface area contributed by atoms with E-state index in [0.717, 1.165) is 5.92 Å². The van der Waals surface area contributed by atoms with Gasteiger partial charge in [-0.25, -0.2) is 0 Å². The van der Waals surface area contributed by atoms with E-state index in [4.69, 9.17) is 0 Å². The minimum absolute atomic E-state index is 0.758. The van der Waals surface area contributed by atoms with Gasteiger partial charge in [0, 0.05) is 17.3 Å². The molecule has 1 atom stereocenters. The smallest absolute Gasteiger partial charge is 0.0377 e. The van der Waals surface area contributed by atoms with Gasteiger partial charge < -0.3 is 5.32 Å². The molecule has 1 N–H and O–H groups in total. The Morgan fingerprint density at radius 1 is 1.31 bits per heavy atom. The molecule has 0 fully saturated rings. The van der Waals surface area contributed by atoms with Crippen LogP contribution >= 0.6 is 0 Å². The molecule has 0 radical (unpaired) electrons. The topological polar surface area (TPSA) is 12.0 Å². The maximum atomic E-state index is 3.55. The Hall–Kier alpha value is -0.980. The fourth-order valence-electron chi connectivity index (χ4n) is 2.70. The van der Waals surface area contributed by atoms with Crippen molar-refractivity contribution in [3.05, 3.63) is 35.2 Å². The summed E-state index contributed by atoms with van der Waals surface area (Å²) in [5.74, 6) is 0.758. The van der Waals surface area contributed by atoms with Gasteiger partial charge >= 0.3 is 0 Å². The Kier molecular flexibility index (Phi) is 1.58. The molecule has 3 aliphatic rings. The van der Waals surface area contributed by atoms with E-state index in [9.17, 15) is 0 Å². The van der Waals surface area contributed by atoms with Crippen LogP contribution in [-0.2, 0) is 0 Å². The lowest BCUT2D eigenvalue weighted by Crippen LogP contribution is -2.12.